The van der Waals surface area contributed by atoms with E-state index in [0.29, 0.717) is 10.9 Å². The average Bonchev–Trinajstić information content (AvgIpc) is 2.17. The number of aromatic nitrogens is 2. The predicted molar refractivity (Wildman–Crippen MR) is 36.5 cm³/mol. The monoisotopic (exact) mass is 161 g/mol. The summed E-state index contributed by atoms with van der Waals surface area (Å²) in [6.45, 7) is 0.508. The van der Waals surface area contributed by atoms with Gasteiger partial charge in [0, 0.05) is 7.11 Å². The minimum absolute atomic E-state index is 0.508. The van der Waals surface area contributed by atoms with Gasteiger partial charge in [0.15, 0.2) is 0 Å². The van der Waals surface area contributed by atoms with Gasteiger partial charge in [-0.1, -0.05) is 11.3 Å². The Morgan fingerprint density at radius 2 is 2.44 bits per heavy atom. The second-order valence-electron chi connectivity index (χ2n) is 1.39. The van der Waals surface area contributed by atoms with Crippen LogP contribution in [0.3, 0.4) is 0 Å². The molecule has 0 unspecified atom stereocenters. The van der Waals surface area contributed by atoms with Crippen molar-refractivity contribution >= 4 is 24.0 Å². The summed E-state index contributed by atoms with van der Waals surface area (Å²) in [4.78, 5) is 0. The van der Waals surface area contributed by atoms with Crippen molar-refractivity contribution in [1.29, 1.82) is 0 Å². The third-order valence-electron chi connectivity index (χ3n) is 0.716. The van der Waals surface area contributed by atoms with Gasteiger partial charge >= 0.3 is 0 Å². The van der Waals surface area contributed by atoms with E-state index in [4.69, 9.17) is 17.4 Å². The second kappa shape index (κ2) is 3.05. The van der Waals surface area contributed by atoms with Gasteiger partial charge in [0.2, 0.25) is 4.34 Å². The molecule has 1 aromatic heterocycles. The van der Waals surface area contributed by atoms with Gasteiger partial charge in [0.25, 0.3) is 0 Å². The van der Waals surface area contributed by atoms with Crippen LogP contribution in [0.1, 0.15) is 5.01 Å². The zero-order chi connectivity index (χ0) is 6.69. The zero-order valence-electron chi connectivity index (χ0n) is 4.83. The first-order valence-corrected chi connectivity index (χ1v) is 3.53. The molecule has 0 saturated carbocycles. The highest BCUT2D eigenvalue weighted by Crippen LogP contribution is 2.12. The number of nitrogens with zero attached hydrogens (tertiary/aromatic N) is 2. The molecule has 1 heterocycles. The predicted octanol–water partition coefficient (Wildman–Crippen LogP) is 1.24. The lowest BCUT2D eigenvalue weighted by Gasteiger charge is -1.86. The van der Waals surface area contributed by atoms with Crippen molar-refractivity contribution in [1.82, 2.24) is 10.2 Å². The molecule has 0 aromatic carbocycles. The molecule has 0 fully saturated rings. The highest BCUT2D eigenvalue weighted by atomic mass is 32.2. The Balaban J connectivity index is 2.61. The van der Waals surface area contributed by atoms with Crippen molar-refractivity contribution in [3.8, 4) is 0 Å². The SMILES string of the molecule is COCc1nnc([S])s1. The van der Waals surface area contributed by atoms with Crippen LogP contribution in [0.25, 0.3) is 0 Å². The van der Waals surface area contributed by atoms with Gasteiger partial charge in [-0.2, -0.15) is 0 Å². The van der Waals surface area contributed by atoms with Crippen LogP contribution in [0, 0.1) is 0 Å². The normalized spacial score (nSPS) is 9.89. The fourth-order valence-electron chi connectivity index (χ4n) is 0.420. The van der Waals surface area contributed by atoms with Gasteiger partial charge in [-0.25, -0.2) is 0 Å². The topological polar surface area (TPSA) is 35.0 Å². The smallest absolute Gasteiger partial charge is 0.204 e. The van der Waals surface area contributed by atoms with Crippen LogP contribution < -0.4 is 0 Å². The molecule has 0 atom stereocenters. The minimum Gasteiger partial charge on any atom is -0.377 e. The maximum atomic E-state index is 4.80. The van der Waals surface area contributed by atoms with E-state index in [1.54, 1.807) is 7.11 Å². The molecule has 0 saturated heterocycles. The Morgan fingerprint density at radius 3 is 2.89 bits per heavy atom. The van der Waals surface area contributed by atoms with Crippen molar-refractivity contribution in [2.75, 3.05) is 7.11 Å². The maximum absolute atomic E-state index is 4.80. The number of ether oxygens (including phenoxy) is 1. The number of methoxy groups -OCH3 is 1. The van der Waals surface area contributed by atoms with Gasteiger partial charge < -0.3 is 4.74 Å². The first-order valence-electron chi connectivity index (χ1n) is 2.31. The van der Waals surface area contributed by atoms with Gasteiger partial charge in [-0.05, 0) is 12.6 Å². The molecule has 49 valence electrons. The summed E-state index contributed by atoms with van der Waals surface area (Å²) in [5.74, 6) is 0. The molecule has 0 aliphatic carbocycles. The average molecular weight is 161 g/mol. The van der Waals surface area contributed by atoms with E-state index in [9.17, 15) is 0 Å². The van der Waals surface area contributed by atoms with Gasteiger partial charge in [-0.3, -0.25) is 0 Å². The molecule has 3 nitrogen and oxygen atoms in total. The van der Waals surface area contributed by atoms with E-state index < -0.39 is 0 Å². The van der Waals surface area contributed by atoms with Crippen LogP contribution in [0.15, 0.2) is 4.34 Å². The Hall–Kier alpha value is -0.260. The largest absolute Gasteiger partial charge is 0.377 e. The Kier molecular flexibility index (Phi) is 2.32. The molecule has 1 aromatic rings. The summed E-state index contributed by atoms with van der Waals surface area (Å²) in [6, 6.07) is 0. The quantitative estimate of drug-likeness (QED) is 0.654. The van der Waals surface area contributed by atoms with E-state index in [2.05, 4.69) is 10.2 Å². The van der Waals surface area contributed by atoms with Crippen LogP contribution in [0.5, 0.6) is 0 Å². The van der Waals surface area contributed by atoms with Crippen molar-refractivity contribution in [2.24, 2.45) is 0 Å². The summed E-state index contributed by atoms with van der Waals surface area (Å²) >= 11 is 6.12. The molecule has 0 N–H and O–H groups in total. The van der Waals surface area contributed by atoms with Crippen molar-refractivity contribution in [3.63, 3.8) is 0 Å². The Labute approximate surface area is 62.5 Å². The molecule has 0 spiro atoms. The molecule has 9 heavy (non-hydrogen) atoms. The van der Waals surface area contributed by atoms with Gasteiger partial charge in [0.05, 0.1) is 0 Å². The molecule has 1 rings (SSSR count). The van der Waals surface area contributed by atoms with Crippen molar-refractivity contribution in [2.45, 2.75) is 10.9 Å². The number of hydrogen-bond acceptors (Lipinski definition) is 4. The molecular formula is C4H5N2OS2. The summed E-state index contributed by atoms with van der Waals surface area (Å²) in [5.41, 5.74) is 0. The summed E-state index contributed by atoms with van der Waals surface area (Å²) in [7, 11) is 1.62. The van der Waals surface area contributed by atoms with Crippen molar-refractivity contribution in [3.05, 3.63) is 5.01 Å². The first kappa shape index (κ1) is 6.85. The molecule has 0 aliphatic rings. The third-order valence-corrected chi connectivity index (χ3v) is 1.74. The summed E-state index contributed by atoms with van der Waals surface area (Å²) < 4.78 is 5.37. The summed E-state index contributed by atoms with van der Waals surface area (Å²) in [6.07, 6.45) is 0. The lowest BCUT2D eigenvalue weighted by atomic mass is 10.8. The van der Waals surface area contributed by atoms with E-state index in [1.807, 2.05) is 0 Å². The number of rotatable bonds is 2. The van der Waals surface area contributed by atoms with Gasteiger partial charge in [0.1, 0.15) is 11.6 Å². The van der Waals surface area contributed by atoms with E-state index in [-0.39, 0.29) is 0 Å². The lowest BCUT2D eigenvalue weighted by Crippen LogP contribution is -1.84. The molecule has 1 radical (unpaired) electrons. The third kappa shape index (κ3) is 1.85. The van der Waals surface area contributed by atoms with Crippen LogP contribution in [0.2, 0.25) is 0 Å². The fourth-order valence-corrected chi connectivity index (χ4v) is 1.29. The van der Waals surface area contributed by atoms with Crippen LogP contribution >= 0.6 is 24.0 Å². The summed E-state index contributed by atoms with van der Waals surface area (Å²) in [5, 5.41) is 8.22. The molecule has 0 amide bonds. The molecule has 0 bridgehead atoms. The van der Waals surface area contributed by atoms with E-state index in [1.165, 1.54) is 11.3 Å². The zero-order valence-corrected chi connectivity index (χ0v) is 6.46. The van der Waals surface area contributed by atoms with Crippen LogP contribution in [0.4, 0.5) is 0 Å². The molecular weight excluding hydrogens is 156 g/mol. The van der Waals surface area contributed by atoms with E-state index >= 15 is 0 Å². The second-order valence-corrected chi connectivity index (χ2v) is 3.10. The molecule has 0 aliphatic heterocycles. The van der Waals surface area contributed by atoms with Gasteiger partial charge in [-0.15, -0.1) is 10.2 Å². The van der Waals surface area contributed by atoms with E-state index in [0.717, 1.165) is 5.01 Å². The highest BCUT2D eigenvalue weighted by Gasteiger charge is 1.98. The van der Waals surface area contributed by atoms with Crippen LogP contribution in [-0.4, -0.2) is 17.3 Å². The first-order chi connectivity index (χ1) is 4.33. The highest BCUT2D eigenvalue weighted by molar-refractivity contribution is 7.82. The van der Waals surface area contributed by atoms with Crippen molar-refractivity contribution < 1.29 is 4.74 Å². The maximum Gasteiger partial charge on any atom is 0.204 e. The Morgan fingerprint density at radius 1 is 1.67 bits per heavy atom. The lowest BCUT2D eigenvalue weighted by molar-refractivity contribution is 0.184. The minimum atomic E-state index is 0.508. The molecule has 5 heteroatoms. The number of hydrogen-bond donors (Lipinski definition) is 0. The fraction of sp³-hybridized carbons (Fsp3) is 0.500. The van der Waals surface area contributed by atoms with Crippen LogP contribution in [-0.2, 0) is 11.3 Å². The Bertz CT molecular complexity index is 188. The standard InChI is InChI=1S/C4H5N2OS2/c1-7-2-3-5-6-4(8)9-3/h2H2,1H3.